The van der Waals surface area contributed by atoms with E-state index in [0.29, 0.717) is 25.1 Å². The van der Waals surface area contributed by atoms with Gasteiger partial charge in [0.05, 0.1) is 12.5 Å². The molecule has 2 aliphatic heterocycles. The zero-order chi connectivity index (χ0) is 20.1. The van der Waals surface area contributed by atoms with Crippen molar-refractivity contribution in [1.82, 2.24) is 4.90 Å². The fourth-order valence-electron chi connectivity index (χ4n) is 4.34. The lowest BCUT2D eigenvalue weighted by Gasteiger charge is -2.24. The van der Waals surface area contributed by atoms with Crippen LogP contribution in [0.25, 0.3) is 0 Å². The Morgan fingerprint density at radius 3 is 2.68 bits per heavy atom. The molecule has 0 bridgehead atoms. The molecule has 0 radical (unpaired) electrons. The Bertz CT molecular complexity index is 956. The Morgan fingerprint density at radius 1 is 1.18 bits per heavy atom. The highest BCUT2D eigenvalue weighted by atomic mass is 16.5. The molecule has 0 N–H and O–H groups in total. The van der Waals surface area contributed by atoms with Crippen molar-refractivity contribution in [1.29, 1.82) is 0 Å². The minimum Gasteiger partial charge on any atom is -0.497 e. The van der Waals surface area contributed by atoms with Crippen LogP contribution in [0.1, 0.15) is 22.3 Å². The van der Waals surface area contributed by atoms with Crippen molar-refractivity contribution < 1.29 is 14.3 Å². The molecule has 28 heavy (non-hydrogen) atoms. The van der Waals surface area contributed by atoms with Crippen LogP contribution in [-0.2, 0) is 10.2 Å². The first-order valence-corrected chi connectivity index (χ1v) is 9.41. The van der Waals surface area contributed by atoms with Crippen molar-refractivity contribution in [3.05, 3.63) is 53.6 Å². The van der Waals surface area contributed by atoms with Gasteiger partial charge >= 0.3 is 0 Å². The Labute approximate surface area is 165 Å². The Kier molecular flexibility index (Phi) is 4.29. The number of rotatable bonds is 3. The second-order valence-electron chi connectivity index (χ2n) is 7.75. The molecule has 2 amide bonds. The lowest BCUT2D eigenvalue weighted by Crippen LogP contribution is -2.42. The molecule has 2 heterocycles. The molecular formula is C22H25N3O3. The molecule has 146 valence electrons. The Balaban J connectivity index is 1.66. The second-order valence-corrected chi connectivity index (χ2v) is 7.75. The minimum atomic E-state index is -0.687. The average Bonchev–Trinajstić information content (AvgIpc) is 3.25. The van der Waals surface area contributed by atoms with Gasteiger partial charge in [-0.05, 0) is 48.4 Å². The molecule has 0 aromatic heterocycles. The fraction of sp³-hybridized carbons (Fsp3) is 0.364. The molecule has 2 aromatic carbocycles. The van der Waals surface area contributed by atoms with E-state index in [4.69, 9.17) is 4.74 Å². The number of hydrogen-bond acceptors (Lipinski definition) is 4. The summed E-state index contributed by atoms with van der Waals surface area (Å²) < 4.78 is 5.38. The number of likely N-dealkylation sites (tertiary alicyclic amines) is 1. The van der Waals surface area contributed by atoms with E-state index in [0.717, 1.165) is 22.7 Å². The molecule has 2 aromatic rings. The SMILES string of the molecule is COc1ccc2c(c1)C1(CCN(C(=O)c3cccc(N(C)C)c3)C1)C(=O)N2C. The number of benzene rings is 2. The van der Waals surface area contributed by atoms with Crippen molar-refractivity contribution >= 4 is 23.2 Å². The largest absolute Gasteiger partial charge is 0.497 e. The zero-order valence-corrected chi connectivity index (χ0v) is 16.7. The summed E-state index contributed by atoms with van der Waals surface area (Å²) in [5.41, 5.74) is 2.79. The lowest BCUT2D eigenvalue weighted by molar-refractivity contribution is -0.122. The average molecular weight is 379 g/mol. The summed E-state index contributed by atoms with van der Waals surface area (Å²) in [6, 6.07) is 13.3. The number of likely N-dealkylation sites (N-methyl/N-ethyl adjacent to an activating group) is 1. The van der Waals surface area contributed by atoms with E-state index in [-0.39, 0.29) is 11.8 Å². The highest BCUT2D eigenvalue weighted by Crippen LogP contribution is 2.48. The third-order valence-electron chi connectivity index (χ3n) is 5.96. The Hall–Kier alpha value is -3.02. The van der Waals surface area contributed by atoms with Gasteiger partial charge in [0.1, 0.15) is 5.75 Å². The standard InChI is InChI=1S/C22H25N3O3/c1-23(2)16-7-5-6-15(12-16)20(26)25-11-10-22(14-25)18-13-17(28-4)8-9-19(18)24(3)21(22)27/h5-9,12-13H,10-11,14H2,1-4H3. The number of anilines is 2. The maximum atomic E-state index is 13.2. The summed E-state index contributed by atoms with van der Waals surface area (Å²) in [5.74, 6) is 0.741. The molecule has 1 atom stereocenters. The summed E-state index contributed by atoms with van der Waals surface area (Å²) in [7, 11) is 7.32. The topological polar surface area (TPSA) is 53.1 Å². The van der Waals surface area contributed by atoms with E-state index >= 15 is 0 Å². The Morgan fingerprint density at radius 2 is 1.96 bits per heavy atom. The van der Waals surface area contributed by atoms with E-state index in [1.54, 1.807) is 24.0 Å². The van der Waals surface area contributed by atoms with E-state index < -0.39 is 5.41 Å². The van der Waals surface area contributed by atoms with Crippen LogP contribution >= 0.6 is 0 Å². The molecule has 1 spiro atoms. The summed E-state index contributed by atoms with van der Waals surface area (Å²) in [6.45, 7) is 0.947. The summed E-state index contributed by atoms with van der Waals surface area (Å²) >= 11 is 0. The zero-order valence-electron chi connectivity index (χ0n) is 16.7. The van der Waals surface area contributed by atoms with Gasteiger partial charge < -0.3 is 19.4 Å². The molecule has 1 fully saturated rings. The number of carbonyl (C=O) groups excluding carboxylic acids is 2. The van der Waals surface area contributed by atoms with Crippen LogP contribution in [-0.4, -0.2) is 58.1 Å². The highest BCUT2D eigenvalue weighted by molar-refractivity contribution is 6.09. The predicted octanol–water partition coefficient (Wildman–Crippen LogP) is 2.52. The minimum absolute atomic E-state index is 0.0348. The van der Waals surface area contributed by atoms with Gasteiger partial charge in [0.25, 0.3) is 5.91 Å². The molecule has 1 saturated heterocycles. The van der Waals surface area contributed by atoms with Crippen molar-refractivity contribution in [2.75, 3.05) is 51.1 Å². The van der Waals surface area contributed by atoms with Gasteiger partial charge in [-0.2, -0.15) is 0 Å². The van der Waals surface area contributed by atoms with Crippen molar-refractivity contribution in [2.24, 2.45) is 0 Å². The van der Waals surface area contributed by atoms with E-state index in [1.165, 1.54) is 0 Å². The van der Waals surface area contributed by atoms with Crippen LogP contribution in [0.15, 0.2) is 42.5 Å². The maximum absolute atomic E-state index is 13.2. The van der Waals surface area contributed by atoms with E-state index in [2.05, 4.69) is 0 Å². The first-order valence-electron chi connectivity index (χ1n) is 9.41. The van der Waals surface area contributed by atoms with Crippen LogP contribution in [0.4, 0.5) is 11.4 Å². The fourth-order valence-corrected chi connectivity index (χ4v) is 4.34. The monoisotopic (exact) mass is 379 g/mol. The number of ether oxygens (including phenoxy) is 1. The van der Waals surface area contributed by atoms with Gasteiger partial charge in [0, 0.05) is 51.2 Å². The second kappa shape index (κ2) is 6.55. The van der Waals surface area contributed by atoms with Crippen LogP contribution in [0.3, 0.4) is 0 Å². The summed E-state index contributed by atoms with van der Waals surface area (Å²) in [4.78, 5) is 31.8. The van der Waals surface area contributed by atoms with Crippen LogP contribution in [0.5, 0.6) is 5.75 Å². The number of nitrogens with zero attached hydrogens (tertiary/aromatic N) is 3. The molecule has 4 rings (SSSR count). The van der Waals surface area contributed by atoms with Gasteiger partial charge in [-0.3, -0.25) is 9.59 Å². The van der Waals surface area contributed by atoms with Crippen LogP contribution in [0, 0.1) is 0 Å². The van der Waals surface area contributed by atoms with Gasteiger partial charge in [-0.15, -0.1) is 0 Å². The van der Waals surface area contributed by atoms with Gasteiger partial charge in [-0.25, -0.2) is 0 Å². The van der Waals surface area contributed by atoms with Gasteiger partial charge in [0.15, 0.2) is 0 Å². The number of hydrogen-bond donors (Lipinski definition) is 0. The number of methoxy groups -OCH3 is 1. The van der Waals surface area contributed by atoms with Crippen LogP contribution in [0.2, 0.25) is 0 Å². The molecule has 6 nitrogen and oxygen atoms in total. The normalized spacial score (nSPS) is 20.6. The summed E-state index contributed by atoms with van der Waals surface area (Å²) in [6.07, 6.45) is 0.620. The van der Waals surface area contributed by atoms with Crippen molar-refractivity contribution in [3.8, 4) is 5.75 Å². The third kappa shape index (κ3) is 2.63. The molecule has 0 saturated carbocycles. The first-order chi connectivity index (χ1) is 13.4. The highest BCUT2D eigenvalue weighted by Gasteiger charge is 2.54. The molecular weight excluding hydrogens is 354 g/mol. The van der Waals surface area contributed by atoms with Crippen molar-refractivity contribution in [2.45, 2.75) is 11.8 Å². The van der Waals surface area contributed by atoms with Gasteiger partial charge in [-0.1, -0.05) is 6.07 Å². The number of amides is 2. The molecule has 1 unspecified atom stereocenters. The molecule has 6 heteroatoms. The van der Waals surface area contributed by atoms with Gasteiger partial charge in [0.2, 0.25) is 5.91 Å². The number of fused-ring (bicyclic) bond motifs is 2. The van der Waals surface area contributed by atoms with Crippen LogP contribution < -0.4 is 14.5 Å². The molecule has 0 aliphatic carbocycles. The maximum Gasteiger partial charge on any atom is 0.253 e. The number of carbonyl (C=O) groups is 2. The third-order valence-corrected chi connectivity index (χ3v) is 5.96. The van der Waals surface area contributed by atoms with E-state index in [9.17, 15) is 9.59 Å². The van der Waals surface area contributed by atoms with Crippen molar-refractivity contribution in [3.63, 3.8) is 0 Å². The summed E-state index contributed by atoms with van der Waals surface area (Å²) in [5, 5.41) is 0. The smallest absolute Gasteiger partial charge is 0.253 e. The predicted molar refractivity (Wildman–Crippen MR) is 109 cm³/mol. The lowest BCUT2D eigenvalue weighted by atomic mass is 9.81. The van der Waals surface area contributed by atoms with E-state index in [1.807, 2.05) is 61.5 Å². The molecule has 2 aliphatic rings. The quantitative estimate of drug-likeness (QED) is 0.822. The first kappa shape index (κ1) is 18.3.